The van der Waals surface area contributed by atoms with Gasteiger partial charge in [0.1, 0.15) is 0 Å². The summed E-state index contributed by atoms with van der Waals surface area (Å²) in [4.78, 5) is 16.2. The molecule has 1 aliphatic heterocycles. The van der Waals surface area contributed by atoms with Crippen LogP contribution in [-0.4, -0.2) is 35.8 Å². The van der Waals surface area contributed by atoms with Gasteiger partial charge in [-0.15, -0.1) is 0 Å². The molecule has 1 heterocycles. The second kappa shape index (κ2) is 5.34. The number of piperidine rings is 1. The van der Waals surface area contributed by atoms with E-state index in [1.807, 2.05) is 0 Å². The second-order valence-corrected chi connectivity index (χ2v) is 3.96. The summed E-state index contributed by atoms with van der Waals surface area (Å²) in [5.41, 5.74) is 15.5. The van der Waals surface area contributed by atoms with Crippen LogP contribution in [0.4, 0.5) is 0 Å². The SMILES string of the molecule is N=C(N=C(N)N)N1CCC(CC(N)=O)CC1. The molecule has 0 atom stereocenters. The summed E-state index contributed by atoms with van der Waals surface area (Å²) in [6, 6.07) is 0. The van der Waals surface area contributed by atoms with Crippen LogP contribution < -0.4 is 17.2 Å². The molecule has 7 N–H and O–H groups in total. The van der Waals surface area contributed by atoms with Crippen LogP contribution in [0, 0.1) is 11.3 Å². The van der Waals surface area contributed by atoms with Crippen LogP contribution in [0.3, 0.4) is 0 Å². The lowest BCUT2D eigenvalue weighted by molar-refractivity contribution is -0.119. The topological polar surface area (TPSA) is 135 Å². The summed E-state index contributed by atoms with van der Waals surface area (Å²) in [5.74, 6) is 0.0280. The van der Waals surface area contributed by atoms with Gasteiger partial charge in [-0.2, -0.15) is 4.99 Å². The third kappa shape index (κ3) is 3.76. The van der Waals surface area contributed by atoms with E-state index in [-0.39, 0.29) is 17.8 Å². The van der Waals surface area contributed by atoms with Crippen LogP contribution in [0.5, 0.6) is 0 Å². The molecule has 7 nitrogen and oxygen atoms in total. The first-order valence-corrected chi connectivity index (χ1v) is 5.20. The number of carbonyl (C=O) groups is 1. The first-order valence-electron chi connectivity index (χ1n) is 5.20. The van der Waals surface area contributed by atoms with Crippen LogP contribution in [0.25, 0.3) is 0 Å². The standard InChI is InChI=1S/C9H18N6O/c10-7(16)5-6-1-3-15(4-2-6)9(13)14-8(11)12/h6H,1-5H2,(H2,10,16)(H5,11,12,13,14). The summed E-state index contributed by atoms with van der Waals surface area (Å²) in [6.45, 7) is 1.38. The lowest BCUT2D eigenvalue weighted by Crippen LogP contribution is -2.39. The minimum atomic E-state index is -0.266. The maximum atomic E-state index is 10.7. The number of likely N-dealkylation sites (tertiary alicyclic amines) is 1. The van der Waals surface area contributed by atoms with Crippen molar-refractivity contribution in [3.8, 4) is 0 Å². The first-order chi connectivity index (χ1) is 7.49. The quantitative estimate of drug-likeness (QED) is 0.347. The van der Waals surface area contributed by atoms with Crippen molar-refractivity contribution in [2.45, 2.75) is 19.3 Å². The van der Waals surface area contributed by atoms with Crippen molar-refractivity contribution in [1.29, 1.82) is 5.41 Å². The molecule has 0 spiro atoms. The number of primary amides is 1. The smallest absolute Gasteiger partial charge is 0.221 e. The van der Waals surface area contributed by atoms with Crippen molar-refractivity contribution in [2.75, 3.05) is 13.1 Å². The third-order valence-corrected chi connectivity index (χ3v) is 2.64. The van der Waals surface area contributed by atoms with Crippen LogP contribution in [0.1, 0.15) is 19.3 Å². The lowest BCUT2D eigenvalue weighted by atomic mass is 9.93. The molecule has 1 amide bonds. The Bertz CT molecular complexity index is 301. The van der Waals surface area contributed by atoms with E-state index in [4.69, 9.17) is 22.6 Å². The maximum absolute atomic E-state index is 10.7. The molecule has 7 heteroatoms. The largest absolute Gasteiger partial charge is 0.370 e. The Kier molecular flexibility index (Phi) is 4.10. The van der Waals surface area contributed by atoms with E-state index in [9.17, 15) is 4.79 Å². The van der Waals surface area contributed by atoms with E-state index in [1.54, 1.807) is 4.90 Å². The van der Waals surface area contributed by atoms with Crippen molar-refractivity contribution in [3.63, 3.8) is 0 Å². The number of hydrogen-bond acceptors (Lipinski definition) is 2. The molecular formula is C9H18N6O. The highest BCUT2D eigenvalue weighted by Crippen LogP contribution is 2.20. The van der Waals surface area contributed by atoms with Crippen LogP contribution in [0.2, 0.25) is 0 Å². The number of aliphatic imine (C=N–C) groups is 1. The average molecular weight is 226 g/mol. The van der Waals surface area contributed by atoms with E-state index >= 15 is 0 Å². The zero-order valence-electron chi connectivity index (χ0n) is 9.15. The van der Waals surface area contributed by atoms with Gasteiger partial charge in [-0.1, -0.05) is 0 Å². The monoisotopic (exact) mass is 226 g/mol. The van der Waals surface area contributed by atoms with Gasteiger partial charge in [0.05, 0.1) is 0 Å². The zero-order chi connectivity index (χ0) is 12.1. The van der Waals surface area contributed by atoms with Crippen molar-refractivity contribution < 1.29 is 4.79 Å². The van der Waals surface area contributed by atoms with Crippen LogP contribution in [-0.2, 0) is 4.79 Å². The summed E-state index contributed by atoms with van der Waals surface area (Å²) in [6.07, 6.45) is 2.10. The number of hydrogen-bond donors (Lipinski definition) is 4. The van der Waals surface area contributed by atoms with E-state index in [0.717, 1.165) is 12.8 Å². The minimum Gasteiger partial charge on any atom is -0.370 e. The Hall–Kier alpha value is -1.79. The second-order valence-electron chi connectivity index (χ2n) is 3.96. The number of carbonyl (C=O) groups excluding carboxylic acids is 1. The minimum absolute atomic E-state index is 0.0810. The molecule has 0 unspecified atom stereocenters. The Labute approximate surface area is 94.2 Å². The molecule has 0 aromatic heterocycles. The fraction of sp³-hybridized carbons (Fsp3) is 0.667. The molecule has 0 aromatic rings. The predicted molar refractivity (Wildman–Crippen MR) is 61.6 cm³/mol. The van der Waals surface area contributed by atoms with E-state index in [1.165, 1.54) is 0 Å². The molecule has 0 aromatic carbocycles. The van der Waals surface area contributed by atoms with Crippen LogP contribution in [0.15, 0.2) is 4.99 Å². The van der Waals surface area contributed by atoms with Crippen molar-refractivity contribution >= 4 is 17.8 Å². The molecule has 16 heavy (non-hydrogen) atoms. The van der Waals surface area contributed by atoms with Gasteiger partial charge in [-0.05, 0) is 18.8 Å². The first kappa shape index (κ1) is 12.3. The van der Waals surface area contributed by atoms with Gasteiger partial charge < -0.3 is 22.1 Å². The van der Waals surface area contributed by atoms with E-state index < -0.39 is 0 Å². The summed E-state index contributed by atoms with van der Waals surface area (Å²) < 4.78 is 0. The summed E-state index contributed by atoms with van der Waals surface area (Å²) in [5, 5.41) is 7.61. The summed E-state index contributed by atoms with van der Waals surface area (Å²) >= 11 is 0. The highest BCUT2D eigenvalue weighted by Gasteiger charge is 2.21. The molecule has 1 aliphatic rings. The van der Waals surface area contributed by atoms with E-state index in [0.29, 0.717) is 25.4 Å². The molecule has 0 saturated carbocycles. The van der Waals surface area contributed by atoms with Gasteiger partial charge in [0.25, 0.3) is 0 Å². The Morgan fingerprint density at radius 3 is 2.31 bits per heavy atom. The normalized spacial score (nSPS) is 16.9. The molecule has 90 valence electrons. The van der Waals surface area contributed by atoms with Crippen molar-refractivity contribution in [1.82, 2.24) is 4.90 Å². The van der Waals surface area contributed by atoms with Gasteiger partial charge in [-0.3, -0.25) is 10.2 Å². The predicted octanol–water partition coefficient (Wildman–Crippen LogP) is -1.22. The number of nitrogens with zero attached hydrogens (tertiary/aromatic N) is 2. The van der Waals surface area contributed by atoms with Gasteiger partial charge in [0, 0.05) is 19.5 Å². The molecule has 1 saturated heterocycles. The number of nitrogens with two attached hydrogens (primary N) is 3. The number of rotatable bonds is 2. The molecule has 1 rings (SSSR count). The van der Waals surface area contributed by atoms with Gasteiger partial charge in [0.15, 0.2) is 5.96 Å². The van der Waals surface area contributed by atoms with E-state index in [2.05, 4.69) is 4.99 Å². The Morgan fingerprint density at radius 1 is 1.31 bits per heavy atom. The number of nitrogens with one attached hydrogen (secondary N) is 1. The fourth-order valence-electron chi connectivity index (χ4n) is 1.83. The van der Waals surface area contributed by atoms with Gasteiger partial charge in [-0.25, -0.2) is 0 Å². The molecule has 0 aliphatic carbocycles. The Morgan fingerprint density at radius 2 is 1.88 bits per heavy atom. The maximum Gasteiger partial charge on any atom is 0.221 e. The van der Waals surface area contributed by atoms with Crippen molar-refractivity contribution in [3.05, 3.63) is 0 Å². The highest BCUT2D eigenvalue weighted by molar-refractivity contribution is 5.91. The lowest BCUT2D eigenvalue weighted by Gasteiger charge is -2.31. The van der Waals surface area contributed by atoms with Crippen molar-refractivity contribution in [2.24, 2.45) is 28.1 Å². The number of amides is 1. The fourth-order valence-corrected chi connectivity index (χ4v) is 1.83. The molecule has 1 fully saturated rings. The molecular weight excluding hydrogens is 208 g/mol. The molecule has 0 bridgehead atoms. The number of guanidine groups is 2. The van der Waals surface area contributed by atoms with Crippen LogP contribution >= 0.6 is 0 Å². The Balaban J connectivity index is 2.40. The van der Waals surface area contributed by atoms with Gasteiger partial charge >= 0.3 is 0 Å². The summed E-state index contributed by atoms with van der Waals surface area (Å²) in [7, 11) is 0. The third-order valence-electron chi connectivity index (χ3n) is 2.64. The highest BCUT2D eigenvalue weighted by atomic mass is 16.1. The zero-order valence-corrected chi connectivity index (χ0v) is 9.15. The molecule has 0 radical (unpaired) electrons. The van der Waals surface area contributed by atoms with Gasteiger partial charge in [0.2, 0.25) is 11.9 Å². The average Bonchev–Trinajstić information content (AvgIpc) is 2.16.